The third kappa shape index (κ3) is 4.49. The van der Waals surface area contributed by atoms with Gasteiger partial charge in [0.05, 0.1) is 6.54 Å². The van der Waals surface area contributed by atoms with Gasteiger partial charge in [0.15, 0.2) is 0 Å². The molecule has 0 aromatic heterocycles. The summed E-state index contributed by atoms with van der Waals surface area (Å²) in [5, 5.41) is 0. The molecule has 1 saturated heterocycles. The Morgan fingerprint density at radius 1 is 1.29 bits per heavy atom. The zero-order chi connectivity index (χ0) is 12.8. The number of nitrogens with one attached hydrogen (secondary N) is 1. The predicted octanol–water partition coefficient (Wildman–Crippen LogP) is -0.964. The Kier molecular flexibility index (Phi) is 5.67. The van der Waals surface area contributed by atoms with Crippen molar-refractivity contribution in [2.45, 2.75) is 19.9 Å². The van der Waals surface area contributed by atoms with Gasteiger partial charge >= 0.3 is 0 Å². The Hall–Kier alpha value is -0.850. The average molecular weight is 242 g/mol. The summed E-state index contributed by atoms with van der Waals surface area (Å²) in [5.41, 5.74) is 7.93. The van der Waals surface area contributed by atoms with Gasteiger partial charge in [-0.2, -0.15) is 0 Å². The lowest BCUT2D eigenvalue weighted by Gasteiger charge is -2.39. The van der Waals surface area contributed by atoms with Gasteiger partial charge < -0.3 is 10.6 Å². The van der Waals surface area contributed by atoms with E-state index in [2.05, 4.69) is 41.1 Å². The highest BCUT2D eigenvalue weighted by Crippen LogP contribution is 2.13. The largest absolute Gasteiger partial charge is 0.369 e. The van der Waals surface area contributed by atoms with Crippen molar-refractivity contribution in [1.29, 1.82) is 0 Å². The lowest BCUT2D eigenvalue weighted by Crippen LogP contribution is -2.52. The van der Waals surface area contributed by atoms with E-state index >= 15 is 0 Å². The van der Waals surface area contributed by atoms with Gasteiger partial charge in [-0.05, 0) is 13.0 Å². The van der Waals surface area contributed by atoms with Gasteiger partial charge in [0, 0.05) is 32.2 Å². The number of aliphatic imine (C=N–C) groups is 1. The molecule has 5 N–H and O–H groups in total. The van der Waals surface area contributed by atoms with Crippen LogP contribution in [0.3, 0.4) is 0 Å². The molecule has 0 radical (unpaired) electrons. The molecule has 0 saturated carbocycles. The molecule has 6 heteroatoms. The van der Waals surface area contributed by atoms with Crippen LogP contribution < -0.4 is 17.0 Å². The minimum atomic E-state index is 0.310. The second kappa shape index (κ2) is 6.78. The average Bonchev–Trinajstić information content (AvgIpc) is 2.31. The van der Waals surface area contributed by atoms with E-state index in [4.69, 9.17) is 11.6 Å². The van der Waals surface area contributed by atoms with Crippen molar-refractivity contribution < 1.29 is 0 Å². The van der Waals surface area contributed by atoms with Gasteiger partial charge in [0.25, 0.3) is 0 Å². The van der Waals surface area contributed by atoms with Crippen molar-refractivity contribution in [1.82, 2.24) is 15.2 Å². The van der Waals surface area contributed by atoms with Gasteiger partial charge in [-0.15, -0.1) is 0 Å². The Balaban J connectivity index is 2.54. The molecule has 100 valence electrons. The summed E-state index contributed by atoms with van der Waals surface area (Å²) >= 11 is 0. The van der Waals surface area contributed by atoms with Gasteiger partial charge in [-0.3, -0.25) is 15.3 Å². The zero-order valence-electron chi connectivity index (χ0n) is 11.2. The second-order valence-corrected chi connectivity index (χ2v) is 5.02. The van der Waals surface area contributed by atoms with E-state index in [0.717, 1.165) is 26.2 Å². The topological polar surface area (TPSA) is 82.9 Å². The maximum absolute atomic E-state index is 5.56. The van der Waals surface area contributed by atoms with Crippen LogP contribution in [0.5, 0.6) is 0 Å². The van der Waals surface area contributed by atoms with Crippen molar-refractivity contribution in [3.63, 3.8) is 0 Å². The number of guanidine groups is 1. The molecule has 1 aliphatic rings. The van der Waals surface area contributed by atoms with Gasteiger partial charge in [-0.1, -0.05) is 13.8 Å². The summed E-state index contributed by atoms with van der Waals surface area (Å²) in [6.07, 6.45) is 0. The van der Waals surface area contributed by atoms with Crippen LogP contribution in [-0.2, 0) is 0 Å². The van der Waals surface area contributed by atoms with Crippen molar-refractivity contribution >= 4 is 5.96 Å². The molecule has 1 rings (SSSR count). The van der Waals surface area contributed by atoms with Crippen LogP contribution in [0.25, 0.3) is 0 Å². The van der Waals surface area contributed by atoms with Crippen LogP contribution in [0.4, 0.5) is 0 Å². The lowest BCUT2D eigenvalue weighted by atomic mass is 10.0. The highest BCUT2D eigenvalue weighted by molar-refractivity contribution is 5.77. The standard InChI is InChI=1S/C11H26N6/c1-9(2)10(8-14-11(12)15-13)17-6-4-16(3)5-7-17/h9-10H,4-8,13H2,1-3H3,(H3,12,14,15). The number of hydrazine groups is 1. The van der Waals surface area contributed by atoms with E-state index in [0.29, 0.717) is 24.5 Å². The lowest BCUT2D eigenvalue weighted by molar-refractivity contribution is 0.0925. The molecule has 1 heterocycles. The highest BCUT2D eigenvalue weighted by atomic mass is 15.3. The number of nitrogens with two attached hydrogens (primary N) is 2. The number of likely N-dealkylation sites (N-methyl/N-ethyl adjacent to an activating group) is 1. The normalized spacial score (nSPS) is 21.8. The smallest absolute Gasteiger partial charge is 0.203 e. The molecular weight excluding hydrogens is 216 g/mol. The quantitative estimate of drug-likeness (QED) is 0.256. The summed E-state index contributed by atoms with van der Waals surface area (Å²) in [4.78, 5) is 9.11. The molecule has 1 atom stereocenters. The SMILES string of the molecule is CC(C)C(CN=C(N)NN)N1CCN(C)CC1. The molecule has 6 nitrogen and oxygen atoms in total. The maximum Gasteiger partial charge on any atom is 0.203 e. The summed E-state index contributed by atoms with van der Waals surface area (Å²) in [6.45, 7) is 9.61. The minimum absolute atomic E-state index is 0.310. The molecule has 0 aliphatic carbocycles. The number of nitrogens with zero attached hydrogens (tertiary/aromatic N) is 3. The van der Waals surface area contributed by atoms with E-state index in [9.17, 15) is 0 Å². The van der Waals surface area contributed by atoms with Crippen molar-refractivity contribution in [3.05, 3.63) is 0 Å². The fraction of sp³-hybridized carbons (Fsp3) is 0.909. The summed E-state index contributed by atoms with van der Waals surface area (Å²) in [6, 6.07) is 0.440. The first kappa shape index (κ1) is 14.2. The van der Waals surface area contributed by atoms with Crippen LogP contribution >= 0.6 is 0 Å². The maximum atomic E-state index is 5.56. The fourth-order valence-electron chi connectivity index (χ4n) is 2.14. The first-order chi connectivity index (χ1) is 8.04. The second-order valence-electron chi connectivity index (χ2n) is 5.02. The Morgan fingerprint density at radius 3 is 2.35 bits per heavy atom. The first-order valence-electron chi connectivity index (χ1n) is 6.23. The number of hydrogen-bond acceptors (Lipinski definition) is 4. The molecular formula is C11H26N6. The Morgan fingerprint density at radius 2 is 1.88 bits per heavy atom. The monoisotopic (exact) mass is 242 g/mol. The summed E-state index contributed by atoms with van der Waals surface area (Å²) in [7, 11) is 2.16. The number of piperazine rings is 1. The van der Waals surface area contributed by atoms with E-state index in [-0.39, 0.29) is 0 Å². The third-order valence-electron chi connectivity index (χ3n) is 3.37. The molecule has 0 aromatic carbocycles. The third-order valence-corrected chi connectivity index (χ3v) is 3.37. The van der Waals surface area contributed by atoms with Crippen molar-refractivity contribution in [2.24, 2.45) is 22.5 Å². The summed E-state index contributed by atoms with van der Waals surface area (Å²) < 4.78 is 0. The minimum Gasteiger partial charge on any atom is -0.369 e. The molecule has 1 fully saturated rings. The van der Waals surface area contributed by atoms with Crippen LogP contribution in [0.15, 0.2) is 4.99 Å². The molecule has 1 unspecified atom stereocenters. The molecule has 17 heavy (non-hydrogen) atoms. The van der Waals surface area contributed by atoms with Crippen molar-refractivity contribution in [2.75, 3.05) is 39.8 Å². The molecule has 0 amide bonds. The molecule has 0 aromatic rings. The van der Waals surface area contributed by atoms with Crippen LogP contribution in [0.1, 0.15) is 13.8 Å². The van der Waals surface area contributed by atoms with Crippen LogP contribution in [-0.4, -0.2) is 61.6 Å². The fourth-order valence-corrected chi connectivity index (χ4v) is 2.14. The van der Waals surface area contributed by atoms with Crippen LogP contribution in [0.2, 0.25) is 0 Å². The molecule has 1 aliphatic heterocycles. The first-order valence-corrected chi connectivity index (χ1v) is 6.23. The zero-order valence-corrected chi connectivity index (χ0v) is 11.2. The van der Waals surface area contributed by atoms with E-state index in [1.54, 1.807) is 0 Å². The van der Waals surface area contributed by atoms with Gasteiger partial charge in [0.1, 0.15) is 0 Å². The molecule has 0 spiro atoms. The number of hydrogen-bond donors (Lipinski definition) is 3. The van der Waals surface area contributed by atoms with Gasteiger partial charge in [-0.25, -0.2) is 5.84 Å². The van der Waals surface area contributed by atoms with Gasteiger partial charge in [0.2, 0.25) is 5.96 Å². The van der Waals surface area contributed by atoms with E-state index in [1.165, 1.54) is 0 Å². The van der Waals surface area contributed by atoms with Crippen LogP contribution in [0, 0.1) is 5.92 Å². The van der Waals surface area contributed by atoms with E-state index < -0.39 is 0 Å². The Labute approximate surface area is 104 Å². The number of rotatable bonds is 4. The molecule has 0 bridgehead atoms. The highest BCUT2D eigenvalue weighted by Gasteiger charge is 2.24. The predicted molar refractivity (Wildman–Crippen MR) is 71.5 cm³/mol. The van der Waals surface area contributed by atoms with Crippen molar-refractivity contribution in [3.8, 4) is 0 Å². The summed E-state index contributed by atoms with van der Waals surface area (Å²) in [5.74, 6) is 6.08. The van der Waals surface area contributed by atoms with E-state index in [1.807, 2.05) is 0 Å². The Bertz CT molecular complexity index is 244.